The van der Waals surface area contributed by atoms with Gasteiger partial charge in [-0.1, -0.05) is 23.7 Å². The SMILES string of the molecule is O=C(NCc1cccc(Cl)c1F)[C@@H]1C[C@](O)(CO)CN1C(=O)O. The van der Waals surface area contributed by atoms with Crippen molar-refractivity contribution in [2.75, 3.05) is 13.2 Å². The maximum Gasteiger partial charge on any atom is 0.408 e. The Bertz CT molecular complexity index is 629. The Morgan fingerprint density at radius 2 is 2.17 bits per heavy atom. The van der Waals surface area contributed by atoms with Gasteiger partial charge in [-0.25, -0.2) is 9.18 Å². The quantitative estimate of drug-likeness (QED) is 0.637. The minimum Gasteiger partial charge on any atom is -0.465 e. The van der Waals surface area contributed by atoms with E-state index in [1.54, 1.807) is 0 Å². The first-order valence-corrected chi connectivity index (χ1v) is 7.18. The van der Waals surface area contributed by atoms with Crippen molar-refractivity contribution in [3.8, 4) is 0 Å². The van der Waals surface area contributed by atoms with E-state index in [4.69, 9.17) is 21.8 Å². The number of aliphatic hydroxyl groups is 2. The molecule has 1 heterocycles. The molecule has 0 unspecified atom stereocenters. The summed E-state index contributed by atoms with van der Waals surface area (Å²) in [7, 11) is 0. The van der Waals surface area contributed by atoms with Crippen LogP contribution in [0, 0.1) is 5.82 Å². The number of nitrogens with one attached hydrogen (secondary N) is 1. The van der Waals surface area contributed by atoms with Gasteiger partial charge in [-0.2, -0.15) is 0 Å². The number of likely N-dealkylation sites (tertiary alicyclic amines) is 1. The largest absolute Gasteiger partial charge is 0.465 e. The highest BCUT2D eigenvalue weighted by Gasteiger charge is 2.47. The van der Waals surface area contributed by atoms with Crippen molar-refractivity contribution in [2.24, 2.45) is 0 Å². The molecule has 126 valence electrons. The third-order valence-corrected chi connectivity index (χ3v) is 4.03. The fourth-order valence-electron chi connectivity index (χ4n) is 2.50. The molecule has 1 fully saturated rings. The first-order chi connectivity index (χ1) is 10.8. The van der Waals surface area contributed by atoms with Gasteiger partial charge in [0.15, 0.2) is 0 Å². The number of nitrogens with zero attached hydrogens (tertiary/aromatic N) is 1. The summed E-state index contributed by atoms with van der Waals surface area (Å²) >= 11 is 5.64. The highest BCUT2D eigenvalue weighted by molar-refractivity contribution is 6.30. The Morgan fingerprint density at radius 3 is 2.78 bits per heavy atom. The minimum absolute atomic E-state index is 0.0839. The van der Waals surface area contributed by atoms with Crippen LogP contribution >= 0.6 is 11.6 Å². The number of benzene rings is 1. The molecule has 1 aromatic rings. The second-order valence-electron chi connectivity index (χ2n) is 5.44. The molecule has 2 amide bonds. The Balaban J connectivity index is 2.07. The van der Waals surface area contributed by atoms with Gasteiger partial charge in [0, 0.05) is 18.5 Å². The first-order valence-electron chi connectivity index (χ1n) is 6.81. The number of carbonyl (C=O) groups is 2. The summed E-state index contributed by atoms with van der Waals surface area (Å²) < 4.78 is 13.8. The molecule has 0 radical (unpaired) electrons. The van der Waals surface area contributed by atoms with E-state index < -0.39 is 36.1 Å². The van der Waals surface area contributed by atoms with Crippen LogP contribution in [-0.2, 0) is 11.3 Å². The smallest absolute Gasteiger partial charge is 0.408 e. The number of amides is 2. The Morgan fingerprint density at radius 1 is 1.48 bits per heavy atom. The summed E-state index contributed by atoms with van der Waals surface area (Å²) in [6.45, 7) is -1.21. The average molecular weight is 347 g/mol. The minimum atomic E-state index is -1.66. The summed E-state index contributed by atoms with van der Waals surface area (Å²) in [5.41, 5.74) is -1.51. The molecule has 2 rings (SSSR count). The van der Waals surface area contributed by atoms with Gasteiger partial charge in [0.2, 0.25) is 5.91 Å². The van der Waals surface area contributed by atoms with Gasteiger partial charge in [-0.3, -0.25) is 9.69 Å². The lowest BCUT2D eigenvalue weighted by Crippen LogP contribution is -2.45. The lowest BCUT2D eigenvalue weighted by atomic mass is 10.0. The van der Waals surface area contributed by atoms with Crippen LogP contribution in [0.15, 0.2) is 18.2 Å². The number of carboxylic acid groups (broad SMARTS) is 1. The van der Waals surface area contributed by atoms with Crippen LogP contribution in [0.3, 0.4) is 0 Å². The van der Waals surface area contributed by atoms with Gasteiger partial charge in [-0.05, 0) is 6.07 Å². The van der Waals surface area contributed by atoms with Crippen molar-refractivity contribution < 1.29 is 29.3 Å². The molecule has 23 heavy (non-hydrogen) atoms. The van der Waals surface area contributed by atoms with Crippen molar-refractivity contribution in [1.82, 2.24) is 10.2 Å². The Labute approximate surface area is 136 Å². The van der Waals surface area contributed by atoms with Gasteiger partial charge in [0.1, 0.15) is 17.5 Å². The molecular weight excluding hydrogens is 331 g/mol. The van der Waals surface area contributed by atoms with Crippen LogP contribution in [-0.4, -0.2) is 57.0 Å². The maximum absolute atomic E-state index is 13.8. The van der Waals surface area contributed by atoms with Gasteiger partial charge >= 0.3 is 6.09 Å². The molecular formula is C14H16ClFN2O5. The Hall–Kier alpha value is -1.90. The zero-order valence-electron chi connectivity index (χ0n) is 12.0. The first kappa shape index (κ1) is 17.5. The van der Waals surface area contributed by atoms with Crippen LogP contribution in [0.1, 0.15) is 12.0 Å². The van der Waals surface area contributed by atoms with Gasteiger partial charge < -0.3 is 20.6 Å². The molecule has 0 bridgehead atoms. The number of aliphatic hydroxyl groups excluding tert-OH is 1. The molecule has 1 saturated heterocycles. The maximum atomic E-state index is 13.8. The lowest BCUT2D eigenvalue weighted by molar-refractivity contribution is -0.125. The molecule has 1 aliphatic heterocycles. The van der Waals surface area contributed by atoms with E-state index in [-0.39, 0.29) is 30.1 Å². The monoisotopic (exact) mass is 346 g/mol. The molecule has 2 atom stereocenters. The topological polar surface area (TPSA) is 110 Å². The third kappa shape index (κ3) is 3.72. The number of halogens is 2. The second-order valence-corrected chi connectivity index (χ2v) is 5.85. The fraction of sp³-hybridized carbons (Fsp3) is 0.429. The summed E-state index contributed by atoms with van der Waals surface area (Å²) in [6.07, 6.45) is -1.62. The summed E-state index contributed by atoms with van der Waals surface area (Å²) in [5.74, 6) is -1.35. The van der Waals surface area contributed by atoms with E-state index >= 15 is 0 Å². The molecule has 1 aliphatic rings. The summed E-state index contributed by atoms with van der Waals surface area (Å²) in [6, 6.07) is 3.17. The molecule has 0 aliphatic carbocycles. The number of hydrogen-bond acceptors (Lipinski definition) is 4. The average Bonchev–Trinajstić information content (AvgIpc) is 2.88. The molecule has 0 spiro atoms. The van der Waals surface area contributed by atoms with Crippen molar-refractivity contribution >= 4 is 23.6 Å². The standard InChI is InChI=1S/C14H16ClFN2O5/c15-9-3-1-2-8(11(9)16)5-17-12(20)10-4-14(23,7-19)6-18(10)13(21)22/h1-3,10,19,23H,4-7H2,(H,17,20)(H,21,22)/t10-,14+/m0/s1. The van der Waals surface area contributed by atoms with Crippen LogP contribution in [0.4, 0.5) is 9.18 Å². The van der Waals surface area contributed by atoms with E-state index in [0.29, 0.717) is 0 Å². The summed E-state index contributed by atoms with van der Waals surface area (Å²) in [4.78, 5) is 24.1. The van der Waals surface area contributed by atoms with Gasteiger partial charge in [0.05, 0.1) is 18.2 Å². The zero-order valence-corrected chi connectivity index (χ0v) is 12.8. The van der Waals surface area contributed by atoms with E-state index in [1.165, 1.54) is 18.2 Å². The van der Waals surface area contributed by atoms with E-state index in [1.807, 2.05) is 0 Å². The highest BCUT2D eigenvalue weighted by atomic mass is 35.5. The van der Waals surface area contributed by atoms with E-state index in [2.05, 4.69) is 5.32 Å². The predicted octanol–water partition coefficient (Wildman–Crippen LogP) is 0.571. The van der Waals surface area contributed by atoms with Crippen LogP contribution in [0.2, 0.25) is 5.02 Å². The van der Waals surface area contributed by atoms with Crippen molar-refractivity contribution in [3.63, 3.8) is 0 Å². The molecule has 0 saturated carbocycles. The molecule has 0 aromatic heterocycles. The zero-order chi connectivity index (χ0) is 17.2. The number of carbonyl (C=O) groups excluding carboxylic acids is 1. The van der Waals surface area contributed by atoms with Crippen molar-refractivity contribution in [2.45, 2.75) is 24.6 Å². The predicted molar refractivity (Wildman–Crippen MR) is 78.4 cm³/mol. The van der Waals surface area contributed by atoms with Gasteiger partial charge in [-0.15, -0.1) is 0 Å². The van der Waals surface area contributed by atoms with Gasteiger partial charge in [0.25, 0.3) is 0 Å². The molecule has 4 N–H and O–H groups in total. The van der Waals surface area contributed by atoms with Crippen LogP contribution in [0.5, 0.6) is 0 Å². The Kier molecular flexibility index (Phi) is 5.08. The van der Waals surface area contributed by atoms with Crippen LogP contribution < -0.4 is 5.32 Å². The van der Waals surface area contributed by atoms with E-state index in [9.17, 15) is 19.1 Å². The molecule has 7 nitrogen and oxygen atoms in total. The van der Waals surface area contributed by atoms with Crippen molar-refractivity contribution in [1.29, 1.82) is 0 Å². The third-order valence-electron chi connectivity index (χ3n) is 3.74. The van der Waals surface area contributed by atoms with Crippen molar-refractivity contribution in [3.05, 3.63) is 34.6 Å². The lowest BCUT2D eigenvalue weighted by Gasteiger charge is -2.20. The summed E-state index contributed by atoms with van der Waals surface area (Å²) in [5, 5.41) is 30.6. The number of hydrogen-bond donors (Lipinski definition) is 4. The molecule has 1 aromatic carbocycles. The normalized spacial score (nSPS) is 23.8. The fourth-order valence-corrected chi connectivity index (χ4v) is 2.69. The highest BCUT2D eigenvalue weighted by Crippen LogP contribution is 2.27. The number of β-amino-alcohol motifs (C(OH)–C–C–N with tert-alkyl or cyclic N) is 1. The van der Waals surface area contributed by atoms with Crippen LogP contribution in [0.25, 0.3) is 0 Å². The second kappa shape index (κ2) is 6.69. The van der Waals surface area contributed by atoms with E-state index in [0.717, 1.165) is 4.90 Å². The molecule has 9 heteroatoms. The number of rotatable bonds is 4.